The molecular formula is C16H11NO. The van der Waals surface area contributed by atoms with Crippen LogP contribution in [0.1, 0.15) is 10.4 Å². The number of pyridine rings is 1. The zero-order valence-electron chi connectivity index (χ0n) is 9.71. The summed E-state index contributed by atoms with van der Waals surface area (Å²) in [6, 6.07) is 17.5. The van der Waals surface area contributed by atoms with Gasteiger partial charge in [-0.3, -0.25) is 9.78 Å². The summed E-state index contributed by atoms with van der Waals surface area (Å²) in [5.41, 5.74) is 3.54. The van der Waals surface area contributed by atoms with Crippen molar-refractivity contribution in [3.05, 3.63) is 66.4 Å². The van der Waals surface area contributed by atoms with Crippen LogP contribution in [0.3, 0.4) is 0 Å². The number of para-hydroxylation sites is 1. The molecule has 0 radical (unpaired) electrons. The Balaban J connectivity index is 2.35. The lowest BCUT2D eigenvalue weighted by molar-refractivity contribution is 0.112. The van der Waals surface area contributed by atoms with Crippen molar-refractivity contribution in [2.45, 2.75) is 0 Å². The molecule has 3 aromatic rings. The van der Waals surface area contributed by atoms with Crippen LogP contribution in [0, 0.1) is 0 Å². The van der Waals surface area contributed by atoms with Crippen molar-refractivity contribution >= 4 is 17.2 Å². The molecule has 0 fully saturated rings. The van der Waals surface area contributed by atoms with Gasteiger partial charge in [0.05, 0.1) is 5.52 Å². The van der Waals surface area contributed by atoms with Crippen LogP contribution in [0.5, 0.6) is 0 Å². The van der Waals surface area contributed by atoms with Crippen molar-refractivity contribution in [1.82, 2.24) is 4.98 Å². The number of aromatic nitrogens is 1. The fourth-order valence-corrected chi connectivity index (χ4v) is 2.17. The van der Waals surface area contributed by atoms with Gasteiger partial charge >= 0.3 is 0 Å². The largest absolute Gasteiger partial charge is 0.298 e. The lowest BCUT2D eigenvalue weighted by Crippen LogP contribution is -1.89. The maximum absolute atomic E-state index is 11.1. The third-order valence-corrected chi connectivity index (χ3v) is 3.01. The van der Waals surface area contributed by atoms with Gasteiger partial charge in [0.25, 0.3) is 0 Å². The molecule has 18 heavy (non-hydrogen) atoms. The van der Waals surface area contributed by atoms with Crippen LogP contribution in [0.15, 0.2) is 60.8 Å². The molecule has 0 aliphatic rings. The monoisotopic (exact) mass is 233 g/mol. The molecule has 0 aliphatic carbocycles. The van der Waals surface area contributed by atoms with Crippen LogP contribution in [-0.2, 0) is 0 Å². The number of hydrogen-bond donors (Lipinski definition) is 0. The van der Waals surface area contributed by atoms with Crippen LogP contribution >= 0.6 is 0 Å². The Bertz CT molecular complexity index is 714. The van der Waals surface area contributed by atoms with Crippen LogP contribution in [0.4, 0.5) is 0 Å². The topological polar surface area (TPSA) is 30.0 Å². The Labute approximate surface area is 105 Å². The highest BCUT2D eigenvalue weighted by Crippen LogP contribution is 2.28. The van der Waals surface area contributed by atoms with Crippen LogP contribution in [0.2, 0.25) is 0 Å². The molecule has 2 aromatic carbocycles. The molecule has 0 spiro atoms. The second-order valence-electron chi connectivity index (χ2n) is 4.09. The van der Waals surface area contributed by atoms with Gasteiger partial charge in [0.15, 0.2) is 6.29 Å². The van der Waals surface area contributed by atoms with Crippen molar-refractivity contribution in [3.63, 3.8) is 0 Å². The minimum Gasteiger partial charge on any atom is -0.298 e. The normalized spacial score (nSPS) is 10.4. The quantitative estimate of drug-likeness (QED) is 0.631. The Morgan fingerprint density at radius 1 is 0.833 bits per heavy atom. The average Bonchev–Trinajstić information content (AvgIpc) is 2.46. The molecule has 0 amide bonds. The highest BCUT2D eigenvalue weighted by molar-refractivity contribution is 5.98. The van der Waals surface area contributed by atoms with E-state index < -0.39 is 0 Å². The first-order valence-electron chi connectivity index (χ1n) is 5.78. The first-order valence-corrected chi connectivity index (χ1v) is 5.78. The van der Waals surface area contributed by atoms with E-state index in [1.807, 2.05) is 54.6 Å². The summed E-state index contributed by atoms with van der Waals surface area (Å²) >= 11 is 0. The first-order chi connectivity index (χ1) is 8.90. The van der Waals surface area contributed by atoms with E-state index in [1.165, 1.54) is 0 Å². The first kappa shape index (κ1) is 10.7. The zero-order chi connectivity index (χ0) is 12.4. The van der Waals surface area contributed by atoms with Crippen molar-refractivity contribution in [2.75, 3.05) is 0 Å². The summed E-state index contributed by atoms with van der Waals surface area (Å²) in [7, 11) is 0. The van der Waals surface area contributed by atoms with E-state index in [4.69, 9.17) is 0 Å². The molecular weight excluding hydrogens is 222 g/mol. The number of aldehydes is 1. The Morgan fingerprint density at radius 3 is 2.50 bits per heavy atom. The summed E-state index contributed by atoms with van der Waals surface area (Å²) in [5, 5.41) is 1.08. The predicted octanol–water partition coefficient (Wildman–Crippen LogP) is 3.71. The Kier molecular flexibility index (Phi) is 2.61. The molecule has 0 unspecified atom stereocenters. The summed E-state index contributed by atoms with van der Waals surface area (Å²) in [4.78, 5) is 15.5. The highest BCUT2D eigenvalue weighted by Gasteiger charge is 2.07. The van der Waals surface area contributed by atoms with Gasteiger partial charge in [-0.05, 0) is 11.6 Å². The number of hydrogen-bond acceptors (Lipinski definition) is 2. The molecule has 1 aromatic heterocycles. The predicted molar refractivity (Wildman–Crippen MR) is 72.6 cm³/mol. The fraction of sp³-hybridized carbons (Fsp3) is 0. The third-order valence-electron chi connectivity index (χ3n) is 3.01. The molecule has 2 nitrogen and oxygen atoms in total. The van der Waals surface area contributed by atoms with Gasteiger partial charge in [0.2, 0.25) is 0 Å². The van der Waals surface area contributed by atoms with E-state index in [-0.39, 0.29) is 0 Å². The van der Waals surface area contributed by atoms with Crippen molar-refractivity contribution in [3.8, 4) is 11.1 Å². The van der Waals surface area contributed by atoms with Crippen molar-refractivity contribution in [2.24, 2.45) is 0 Å². The lowest BCUT2D eigenvalue weighted by atomic mass is 9.98. The number of rotatable bonds is 2. The summed E-state index contributed by atoms with van der Waals surface area (Å²) in [6.45, 7) is 0. The van der Waals surface area contributed by atoms with E-state index in [0.717, 1.165) is 28.3 Å². The summed E-state index contributed by atoms with van der Waals surface area (Å²) in [5.74, 6) is 0. The van der Waals surface area contributed by atoms with Crippen molar-refractivity contribution < 1.29 is 4.79 Å². The number of benzene rings is 2. The van der Waals surface area contributed by atoms with Gasteiger partial charge in [-0.25, -0.2) is 0 Å². The van der Waals surface area contributed by atoms with Gasteiger partial charge in [0, 0.05) is 22.7 Å². The standard InChI is InChI=1S/C16H11NO/c18-11-13-5-1-2-8-14(13)15-9-3-6-12-7-4-10-17-16(12)15/h1-11H. The SMILES string of the molecule is O=Cc1ccccc1-c1cccc2cccnc12. The zero-order valence-corrected chi connectivity index (χ0v) is 9.71. The Hall–Kier alpha value is -2.48. The molecule has 0 saturated carbocycles. The van der Waals surface area contributed by atoms with Crippen LogP contribution in [0.25, 0.3) is 22.0 Å². The third kappa shape index (κ3) is 1.68. The van der Waals surface area contributed by atoms with Gasteiger partial charge in [-0.15, -0.1) is 0 Å². The average molecular weight is 233 g/mol. The lowest BCUT2D eigenvalue weighted by Gasteiger charge is -2.07. The number of carbonyl (C=O) groups is 1. The second kappa shape index (κ2) is 4.41. The Morgan fingerprint density at radius 2 is 1.61 bits per heavy atom. The molecule has 0 saturated heterocycles. The molecule has 0 bridgehead atoms. The molecule has 2 heteroatoms. The van der Waals surface area contributed by atoms with E-state index >= 15 is 0 Å². The fourth-order valence-electron chi connectivity index (χ4n) is 2.17. The van der Waals surface area contributed by atoms with Crippen LogP contribution in [-0.4, -0.2) is 11.3 Å². The minimum atomic E-state index is 0.690. The smallest absolute Gasteiger partial charge is 0.150 e. The molecule has 0 N–H and O–H groups in total. The second-order valence-corrected chi connectivity index (χ2v) is 4.09. The molecule has 0 atom stereocenters. The maximum Gasteiger partial charge on any atom is 0.150 e. The van der Waals surface area contributed by atoms with Gasteiger partial charge in [0.1, 0.15) is 0 Å². The highest BCUT2D eigenvalue weighted by atomic mass is 16.1. The van der Waals surface area contributed by atoms with Crippen LogP contribution < -0.4 is 0 Å². The molecule has 3 rings (SSSR count). The van der Waals surface area contributed by atoms with E-state index in [2.05, 4.69) is 4.98 Å². The van der Waals surface area contributed by atoms with Gasteiger partial charge < -0.3 is 0 Å². The van der Waals surface area contributed by atoms with E-state index in [0.29, 0.717) is 5.56 Å². The number of nitrogens with zero attached hydrogens (tertiary/aromatic N) is 1. The number of fused-ring (bicyclic) bond motifs is 1. The maximum atomic E-state index is 11.1. The van der Waals surface area contributed by atoms with E-state index in [1.54, 1.807) is 6.20 Å². The van der Waals surface area contributed by atoms with Gasteiger partial charge in [-0.2, -0.15) is 0 Å². The molecule has 86 valence electrons. The molecule has 1 heterocycles. The summed E-state index contributed by atoms with van der Waals surface area (Å²) in [6.07, 6.45) is 2.66. The van der Waals surface area contributed by atoms with E-state index in [9.17, 15) is 4.79 Å². The van der Waals surface area contributed by atoms with Crippen molar-refractivity contribution in [1.29, 1.82) is 0 Å². The molecule has 0 aliphatic heterocycles. The van der Waals surface area contributed by atoms with Gasteiger partial charge in [-0.1, -0.05) is 48.5 Å². The number of carbonyl (C=O) groups excluding carboxylic acids is 1. The summed E-state index contributed by atoms with van der Waals surface area (Å²) < 4.78 is 0. The minimum absolute atomic E-state index is 0.690.